The van der Waals surface area contributed by atoms with Gasteiger partial charge < -0.3 is 81.9 Å². The van der Waals surface area contributed by atoms with Crippen molar-refractivity contribution in [3.8, 4) is 74.7 Å². The van der Waals surface area contributed by atoms with Crippen molar-refractivity contribution in [2.45, 2.75) is 13.3 Å². The summed E-state index contributed by atoms with van der Waals surface area (Å²) in [6.07, 6.45) is -0.311. The fraction of sp³-hybridized carbons (Fsp3) is 0.112. The van der Waals surface area contributed by atoms with E-state index in [2.05, 4.69) is 21.1 Å². The van der Waals surface area contributed by atoms with Crippen molar-refractivity contribution in [3.05, 3.63) is 272 Å². The number of hydrogen-bond donors (Lipinski definition) is 6. The third-order valence-electron chi connectivity index (χ3n) is 18.3. The first-order valence-corrected chi connectivity index (χ1v) is 35.6. The maximum absolute atomic E-state index is 14.1. The second-order valence-electron chi connectivity index (χ2n) is 25.2. The number of nitrogens with zero attached hydrogens (tertiary/aromatic N) is 1. The van der Waals surface area contributed by atoms with E-state index in [4.69, 9.17) is 56.4 Å². The van der Waals surface area contributed by atoms with Crippen molar-refractivity contribution in [1.82, 2.24) is 5.16 Å². The van der Waals surface area contributed by atoms with E-state index in [9.17, 15) is 66.7 Å². The van der Waals surface area contributed by atoms with Crippen LogP contribution in [0.15, 0.2) is 234 Å². The number of carbonyl (C=O) groups excluding carboxylic acids is 1. The van der Waals surface area contributed by atoms with Gasteiger partial charge in [0.1, 0.15) is 62.9 Å². The average Bonchev–Trinajstić information content (AvgIpc) is 1.66. The highest BCUT2D eigenvalue weighted by atomic mass is 79.9. The minimum Gasteiger partial charge on any atom is -0.507 e. The highest BCUT2D eigenvalue weighted by molar-refractivity contribution is 9.10. The number of carbonyl (C=O) groups is 2. The lowest BCUT2D eigenvalue weighted by Crippen LogP contribution is -2.00. The molecule has 0 bridgehead atoms. The number of carboxylic acids is 1. The van der Waals surface area contributed by atoms with Crippen molar-refractivity contribution in [3.63, 3.8) is 0 Å². The third-order valence-corrected chi connectivity index (χ3v) is 19.2. The number of Topliss-reactive ketones (excluding diaryl/α,β-unsaturated/α-hetero) is 1. The minimum absolute atomic E-state index is 0.109. The van der Waals surface area contributed by atoms with E-state index in [1.54, 1.807) is 78.0 Å². The Balaban J connectivity index is 0.000000134. The molecule has 0 aliphatic carbocycles. The molecule has 598 valence electrons. The highest BCUT2D eigenvalue weighted by Gasteiger charge is 2.21. The predicted octanol–water partition coefficient (Wildman–Crippen LogP) is 20.1. The van der Waals surface area contributed by atoms with Gasteiger partial charge in [0.2, 0.25) is 0 Å². The molecule has 0 fully saturated rings. The molecule has 0 aliphatic rings. The number of ketones is 1. The Morgan fingerprint density at radius 1 is 0.350 bits per heavy atom. The maximum Gasteiger partial charge on any atom is 0.339 e. The van der Waals surface area contributed by atoms with E-state index in [0.717, 1.165) is 66.5 Å². The number of phenolic OH excluding ortho intramolecular Hbond substituents is 3. The maximum atomic E-state index is 14.1. The smallest absolute Gasteiger partial charge is 0.339 e. The average molecular weight is 1660 g/mol. The van der Waals surface area contributed by atoms with Crippen LogP contribution in [0, 0.1) is 29.1 Å². The van der Waals surface area contributed by atoms with Crippen LogP contribution < -0.4 is 49.1 Å². The summed E-state index contributed by atoms with van der Waals surface area (Å²) in [5.41, 5.74) is -0.215. The van der Waals surface area contributed by atoms with Crippen LogP contribution in [0.2, 0.25) is 0 Å². The fourth-order valence-corrected chi connectivity index (χ4v) is 13.3. The van der Waals surface area contributed by atoms with Gasteiger partial charge in [-0.25, -0.2) is 31.5 Å². The van der Waals surface area contributed by atoms with Crippen LogP contribution in [0.1, 0.15) is 23.0 Å². The van der Waals surface area contributed by atoms with Gasteiger partial charge in [-0.2, -0.15) is 0 Å². The first kappa shape index (κ1) is 83.4. The van der Waals surface area contributed by atoms with E-state index >= 15 is 0 Å². The standard InChI is InChI=1S/C14H9FO4.C13H8FNO4.C13H7FO4.C13H11FO3.C12H11BrO2.C12H11FO2.C12H12O2/c1-18-11-5-2-7-8(14(11)15)3-4-10-13(7)9(16)6-12(17)19-10;14-13-7-2-4-10-12(6(7)1-3-9(13)16)8(15-19-10)5-11(17)18;14-13-7-2-4-10-12(6(7)1-3-8(13)15)9(16)5-11(17)18-10;1-7(15)12-8-4-6-11(17-2)13(14)9(8)3-5-10(12)16;2*1-14-9-4-5-10-8(7-9)3-6-11(15-2)12(10)13;1-13-11-5-3-10-8-12(14-2)6-4-9(10)7-11/h2-6,16H,1H3;1-4,16H,5H2,(H,17,18);1-5,15-16H;3-6,16H,1-2H3;2*3-7H,1-2H3;3-8H,1-2H3. The van der Waals surface area contributed by atoms with Crippen molar-refractivity contribution in [2.24, 2.45) is 0 Å². The van der Waals surface area contributed by atoms with Gasteiger partial charge in [0.25, 0.3) is 0 Å². The van der Waals surface area contributed by atoms with Gasteiger partial charge in [0.05, 0.1) is 102 Å². The quantitative estimate of drug-likeness (QED) is 0.0303. The van der Waals surface area contributed by atoms with Gasteiger partial charge in [-0.3, -0.25) is 9.59 Å². The molecule has 3 aromatic heterocycles. The number of hydrogen-bond acceptors (Lipinski definition) is 21. The molecule has 28 heteroatoms. The molecule has 3 heterocycles. The number of aromatic nitrogens is 1. The Hall–Kier alpha value is -14.5. The number of phenols is 3. The second-order valence-corrected chi connectivity index (χ2v) is 26.0. The lowest BCUT2D eigenvalue weighted by molar-refractivity contribution is -0.136. The monoisotopic (exact) mass is 1660 g/mol. The number of aromatic hydroxyl groups is 5. The van der Waals surface area contributed by atoms with Crippen molar-refractivity contribution in [2.75, 3.05) is 56.9 Å². The number of methoxy groups -OCH3 is 8. The molecule has 6 N–H and O–H groups in total. The molecule has 22 nitrogen and oxygen atoms in total. The van der Waals surface area contributed by atoms with Gasteiger partial charge in [-0.05, 0) is 241 Å². The van der Waals surface area contributed by atoms with Crippen LogP contribution in [0.5, 0.6) is 74.7 Å². The van der Waals surface area contributed by atoms with E-state index in [1.807, 2.05) is 66.7 Å². The zero-order valence-electron chi connectivity index (χ0n) is 63.4. The summed E-state index contributed by atoms with van der Waals surface area (Å²) >= 11 is 3.52. The minimum atomic E-state index is -1.05. The van der Waals surface area contributed by atoms with Gasteiger partial charge >= 0.3 is 17.2 Å². The van der Waals surface area contributed by atoms with Crippen LogP contribution in [0.3, 0.4) is 0 Å². The van der Waals surface area contributed by atoms with Crippen molar-refractivity contribution in [1.29, 1.82) is 0 Å². The molecule has 17 rings (SSSR count). The second kappa shape index (κ2) is 36.5. The lowest BCUT2D eigenvalue weighted by Gasteiger charge is -2.09. The van der Waals surface area contributed by atoms with Gasteiger partial charge in [0, 0.05) is 26.9 Å². The Labute approximate surface area is 668 Å². The molecule has 0 atom stereocenters. The van der Waals surface area contributed by atoms with E-state index < -0.39 is 52.0 Å². The number of halogens is 6. The molecule has 0 unspecified atom stereocenters. The van der Waals surface area contributed by atoms with Gasteiger partial charge in [0.15, 0.2) is 69.2 Å². The number of aliphatic carboxylic acids is 1. The molecule has 0 saturated carbocycles. The molecule has 0 amide bonds. The summed E-state index contributed by atoms with van der Waals surface area (Å²) in [6, 6.07) is 55.2. The molecule has 0 aliphatic heterocycles. The predicted molar refractivity (Wildman–Crippen MR) is 437 cm³/mol. The molecule has 17 aromatic rings. The number of ether oxygens (including phenoxy) is 8. The van der Waals surface area contributed by atoms with Crippen molar-refractivity contribution >= 4 is 136 Å². The molecule has 0 radical (unpaired) electrons. The van der Waals surface area contributed by atoms with Gasteiger partial charge in [-0.15, -0.1) is 0 Å². The molecule has 0 saturated heterocycles. The van der Waals surface area contributed by atoms with Crippen molar-refractivity contribution < 1.29 is 113 Å². The van der Waals surface area contributed by atoms with E-state index in [1.165, 1.54) is 113 Å². The topological polar surface area (TPSA) is 316 Å². The summed E-state index contributed by atoms with van der Waals surface area (Å²) in [5, 5.41) is 69.9. The van der Waals surface area contributed by atoms with Crippen LogP contribution in [-0.2, 0) is 11.2 Å². The Morgan fingerprint density at radius 3 is 1.14 bits per heavy atom. The Bertz CT molecular complexity index is 6660. The number of carboxylic acid groups (broad SMARTS) is 1. The third kappa shape index (κ3) is 18.0. The Kier molecular flexibility index (Phi) is 26.0. The van der Waals surface area contributed by atoms with Crippen LogP contribution >= 0.6 is 15.9 Å². The molecular formula is C89H69BrF5NO21. The molecular weight excluding hydrogens is 1590 g/mol. The number of rotatable bonds is 11. The summed E-state index contributed by atoms with van der Waals surface area (Å²) < 4.78 is 126. The summed E-state index contributed by atoms with van der Waals surface area (Å²) in [5.74, 6) is -1.21. The van der Waals surface area contributed by atoms with Crippen LogP contribution in [0.4, 0.5) is 22.0 Å². The highest BCUT2D eigenvalue weighted by Crippen LogP contribution is 2.41. The zero-order chi connectivity index (χ0) is 84.2. The number of benzene rings is 14. The first-order chi connectivity index (χ1) is 56.2. The fourth-order valence-electron chi connectivity index (χ4n) is 12.7. The normalized spacial score (nSPS) is 10.7. The summed E-state index contributed by atoms with van der Waals surface area (Å²) in [7, 11) is 12.5. The first-order valence-electron chi connectivity index (χ1n) is 34.8. The molecule has 0 spiro atoms. The van der Waals surface area contributed by atoms with Crippen LogP contribution in [-0.4, -0.2) is 104 Å². The SMILES string of the molecule is COc1ccc2c(Br)c(OC)ccc2c1.COc1ccc2c(C(C)=O)c(O)ccc2c1F.COc1ccc2c(F)c(OC)ccc2c1.COc1ccc2c(ccc3oc(=O)cc(O)c32)c1F.COc1ccc2cc(OC)ccc2c1.O=C(O)Cc1noc2ccc3c(F)c(O)ccc3c12.O=c1cc(O)c2c(ccc3c(F)c(O)ccc32)o1. The van der Waals surface area contributed by atoms with Crippen LogP contribution in [0.25, 0.3) is 108 Å². The Morgan fingerprint density at radius 2 is 0.684 bits per heavy atom. The number of fused-ring (bicyclic) bond motifs is 13. The van der Waals surface area contributed by atoms with Gasteiger partial charge in [-0.1, -0.05) is 29.4 Å². The molecule has 14 aromatic carbocycles. The zero-order valence-corrected chi connectivity index (χ0v) is 64.9. The molecule has 117 heavy (non-hydrogen) atoms. The largest absolute Gasteiger partial charge is 0.507 e. The van der Waals surface area contributed by atoms with E-state index in [-0.39, 0.29) is 102 Å². The lowest BCUT2D eigenvalue weighted by atomic mass is 10.00. The summed E-state index contributed by atoms with van der Waals surface area (Å²) in [6.45, 7) is 1.33. The summed E-state index contributed by atoms with van der Waals surface area (Å²) in [4.78, 5) is 44.5. The van der Waals surface area contributed by atoms with E-state index in [0.29, 0.717) is 49.0 Å².